The van der Waals surface area contributed by atoms with Gasteiger partial charge in [0.15, 0.2) is 0 Å². The molecular formula is C13H24N4O3S. The van der Waals surface area contributed by atoms with Gasteiger partial charge in [0.25, 0.3) is 0 Å². The Morgan fingerprint density at radius 1 is 1.38 bits per heavy atom. The quantitative estimate of drug-likeness (QED) is 0.803. The minimum atomic E-state index is -3.50. The molecule has 21 heavy (non-hydrogen) atoms. The molecule has 1 N–H and O–H groups in total. The zero-order valence-electron chi connectivity index (χ0n) is 12.8. The maximum absolute atomic E-state index is 12.2. The van der Waals surface area contributed by atoms with Crippen molar-refractivity contribution in [2.45, 2.75) is 24.8 Å². The van der Waals surface area contributed by atoms with Crippen molar-refractivity contribution in [1.82, 2.24) is 19.4 Å². The molecule has 120 valence electrons. The van der Waals surface area contributed by atoms with Crippen LogP contribution in [-0.2, 0) is 21.8 Å². The second-order valence-electron chi connectivity index (χ2n) is 5.66. The maximum Gasteiger partial charge on any atom is 0.243 e. The zero-order chi connectivity index (χ0) is 15.5. The fraction of sp³-hybridized carbons (Fsp3) is 0.769. The van der Waals surface area contributed by atoms with Crippen molar-refractivity contribution >= 4 is 10.0 Å². The third-order valence-electron chi connectivity index (χ3n) is 3.76. The monoisotopic (exact) mass is 316 g/mol. The minimum Gasteiger partial charge on any atom is -0.379 e. The van der Waals surface area contributed by atoms with Gasteiger partial charge in [0.1, 0.15) is 4.90 Å². The molecule has 0 saturated carbocycles. The van der Waals surface area contributed by atoms with Crippen molar-refractivity contribution in [3.8, 4) is 0 Å². The fourth-order valence-corrected chi connectivity index (χ4v) is 3.55. The van der Waals surface area contributed by atoms with Crippen LogP contribution in [0.2, 0.25) is 0 Å². The topological polar surface area (TPSA) is 76.5 Å². The Hall–Kier alpha value is -0.960. The summed E-state index contributed by atoms with van der Waals surface area (Å²) in [7, 11) is -1.80. The highest BCUT2D eigenvalue weighted by Gasteiger charge is 2.26. The molecule has 0 bridgehead atoms. The van der Waals surface area contributed by atoms with Gasteiger partial charge >= 0.3 is 0 Å². The smallest absolute Gasteiger partial charge is 0.243 e. The first-order valence-corrected chi connectivity index (χ1v) is 8.68. The van der Waals surface area contributed by atoms with Crippen LogP contribution < -0.4 is 4.72 Å². The standard InChI is InChI=1S/C13H24N4O3S/c1-11(2)13(17-4-6-20-7-5-17)9-15-21(18,19)12-8-14-16(3)10-12/h8,10-11,13,15H,4-7,9H2,1-3H3/t13-/m1/s1. The number of hydrogen-bond acceptors (Lipinski definition) is 5. The summed E-state index contributed by atoms with van der Waals surface area (Å²) in [6.07, 6.45) is 2.86. The molecule has 2 heterocycles. The van der Waals surface area contributed by atoms with Crippen molar-refractivity contribution in [3.05, 3.63) is 12.4 Å². The molecule has 1 aromatic heterocycles. The molecule has 1 atom stereocenters. The van der Waals surface area contributed by atoms with Crippen molar-refractivity contribution in [3.63, 3.8) is 0 Å². The molecule has 0 radical (unpaired) electrons. The molecule has 0 amide bonds. The summed E-state index contributed by atoms with van der Waals surface area (Å²) in [6, 6.07) is 0.167. The van der Waals surface area contributed by atoms with Gasteiger partial charge in [0.05, 0.1) is 19.4 Å². The van der Waals surface area contributed by atoms with E-state index in [0.29, 0.717) is 25.7 Å². The molecule has 1 aliphatic heterocycles. The lowest BCUT2D eigenvalue weighted by molar-refractivity contribution is 0.00776. The van der Waals surface area contributed by atoms with E-state index in [0.717, 1.165) is 13.1 Å². The number of morpholine rings is 1. The lowest BCUT2D eigenvalue weighted by Gasteiger charge is -2.36. The minimum absolute atomic E-state index is 0.167. The lowest BCUT2D eigenvalue weighted by Crippen LogP contribution is -2.51. The van der Waals surface area contributed by atoms with E-state index >= 15 is 0 Å². The average molecular weight is 316 g/mol. The number of rotatable bonds is 6. The third-order valence-corrected chi connectivity index (χ3v) is 5.14. The SMILES string of the molecule is CC(C)[C@@H](CNS(=O)(=O)c1cnn(C)c1)N1CCOCC1. The van der Waals surface area contributed by atoms with Crippen molar-refractivity contribution < 1.29 is 13.2 Å². The zero-order valence-corrected chi connectivity index (χ0v) is 13.6. The van der Waals surface area contributed by atoms with E-state index in [4.69, 9.17) is 4.74 Å². The van der Waals surface area contributed by atoms with Gasteiger partial charge in [-0.1, -0.05) is 13.8 Å². The number of sulfonamides is 1. The second kappa shape index (κ2) is 6.87. The molecule has 1 aliphatic rings. The van der Waals surface area contributed by atoms with Gasteiger partial charge in [-0.05, 0) is 5.92 Å². The van der Waals surface area contributed by atoms with Crippen molar-refractivity contribution in [1.29, 1.82) is 0 Å². The summed E-state index contributed by atoms with van der Waals surface area (Å²) in [5, 5.41) is 3.91. The Bertz CT molecular complexity index is 550. The van der Waals surface area contributed by atoms with Crippen LogP contribution in [0.15, 0.2) is 17.3 Å². The van der Waals surface area contributed by atoms with E-state index in [2.05, 4.69) is 28.6 Å². The van der Waals surface area contributed by atoms with Crippen LogP contribution in [0.4, 0.5) is 0 Å². The van der Waals surface area contributed by atoms with Gasteiger partial charge in [0.2, 0.25) is 10.0 Å². The third kappa shape index (κ3) is 4.26. The van der Waals surface area contributed by atoms with Gasteiger partial charge in [0, 0.05) is 38.9 Å². The molecule has 1 aromatic rings. The van der Waals surface area contributed by atoms with Gasteiger partial charge in [-0.3, -0.25) is 9.58 Å². The highest BCUT2D eigenvalue weighted by molar-refractivity contribution is 7.89. The predicted octanol–water partition coefficient (Wildman–Crippen LogP) is 0.0552. The Morgan fingerprint density at radius 2 is 2.05 bits per heavy atom. The first-order valence-electron chi connectivity index (χ1n) is 7.20. The van der Waals surface area contributed by atoms with Crippen LogP contribution in [0.3, 0.4) is 0 Å². The highest BCUT2D eigenvalue weighted by Crippen LogP contribution is 2.14. The molecule has 1 saturated heterocycles. The van der Waals surface area contributed by atoms with Crippen molar-refractivity contribution in [2.75, 3.05) is 32.8 Å². The highest BCUT2D eigenvalue weighted by atomic mass is 32.2. The number of ether oxygens (including phenoxy) is 1. The molecule has 8 heteroatoms. The Morgan fingerprint density at radius 3 is 2.57 bits per heavy atom. The first-order chi connectivity index (χ1) is 9.90. The van der Waals surface area contributed by atoms with E-state index < -0.39 is 10.0 Å². The van der Waals surface area contributed by atoms with Crippen LogP contribution in [0.1, 0.15) is 13.8 Å². The number of aryl methyl sites for hydroxylation is 1. The molecule has 0 spiro atoms. The summed E-state index contributed by atoms with van der Waals surface area (Å²) in [6.45, 7) is 7.72. The molecule has 2 rings (SSSR count). The summed E-state index contributed by atoms with van der Waals surface area (Å²) >= 11 is 0. The van der Waals surface area contributed by atoms with Crippen LogP contribution in [0, 0.1) is 5.92 Å². The van der Waals surface area contributed by atoms with Gasteiger partial charge in [-0.2, -0.15) is 5.10 Å². The Balaban J connectivity index is 2.01. The van der Waals surface area contributed by atoms with Gasteiger partial charge < -0.3 is 4.74 Å². The first kappa shape index (κ1) is 16.4. The number of nitrogens with zero attached hydrogens (tertiary/aromatic N) is 3. The maximum atomic E-state index is 12.2. The number of nitrogens with one attached hydrogen (secondary N) is 1. The Kier molecular flexibility index (Phi) is 5.37. The molecule has 0 aromatic carbocycles. The van der Waals surface area contributed by atoms with E-state index in [9.17, 15) is 8.42 Å². The summed E-state index contributed by atoms with van der Waals surface area (Å²) in [5.41, 5.74) is 0. The molecule has 7 nitrogen and oxygen atoms in total. The van der Waals surface area contributed by atoms with E-state index in [1.54, 1.807) is 7.05 Å². The summed E-state index contributed by atoms with van der Waals surface area (Å²) in [4.78, 5) is 2.49. The van der Waals surface area contributed by atoms with Gasteiger partial charge in [-0.15, -0.1) is 0 Å². The normalized spacial score (nSPS) is 19.0. The summed E-state index contributed by atoms with van der Waals surface area (Å²) < 4.78 is 34.0. The van der Waals surface area contributed by atoms with Crippen LogP contribution >= 0.6 is 0 Å². The largest absolute Gasteiger partial charge is 0.379 e. The van der Waals surface area contributed by atoms with Crippen LogP contribution in [0.25, 0.3) is 0 Å². The number of aromatic nitrogens is 2. The Labute approximate surface area is 126 Å². The van der Waals surface area contributed by atoms with E-state index in [-0.39, 0.29) is 10.9 Å². The molecule has 0 aliphatic carbocycles. The van der Waals surface area contributed by atoms with E-state index in [1.165, 1.54) is 17.1 Å². The average Bonchev–Trinajstić information content (AvgIpc) is 2.87. The predicted molar refractivity (Wildman–Crippen MR) is 79.4 cm³/mol. The van der Waals surface area contributed by atoms with Gasteiger partial charge in [-0.25, -0.2) is 13.1 Å². The van der Waals surface area contributed by atoms with Crippen LogP contribution in [0.5, 0.6) is 0 Å². The second-order valence-corrected chi connectivity index (χ2v) is 7.43. The fourth-order valence-electron chi connectivity index (χ4n) is 2.51. The molecule has 0 unspecified atom stereocenters. The lowest BCUT2D eigenvalue weighted by atomic mass is 10.0. The van der Waals surface area contributed by atoms with Crippen molar-refractivity contribution in [2.24, 2.45) is 13.0 Å². The van der Waals surface area contributed by atoms with E-state index in [1.807, 2.05) is 0 Å². The number of hydrogen-bond donors (Lipinski definition) is 1. The van der Waals surface area contributed by atoms with Crippen LogP contribution in [-0.4, -0.2) is 62.0 Å². The molecule has 1 fully saturated rings. The molecular weight excluding hydrogens is 292 g/mol. The summed E-state index contributed by atoms with van der Waals surface area (Å²) in [5.74, 6) is 0.361.